The first-order valence-corrected chi connectivity index (χ1v) is 8.02. The summed E-state index contributed by atoms with van der Waals surface area (Å²) in [5, 5.41) is 12.7. The van der Waals surface area contributed by atoms with Crippen LogP contribution in [-0.4, -0.2) is 32.4 Å². The van der Waals surface area contributed by atoms with Crippen LogP contribution in [0.2, 0.25) is 0 Å². The second-order valence-electron chi connectivity index (χ2n) is 5.72. The van der Waals surface area contributed by atoms with Crippen molar-refractivity contribution in [2.75, 3.05) is 32.1 Å². The number of benzene rings is 2. The molecule has 124 valence electrons. The number of phenols is 1. The van der Waals surface area contributed by atoms with Crippen LogP contribution < -0.4 is 15.0 Å². The number of nitrogens with zero attached hydrogens (tertiary/aromatic N) is 1. The molecule has 0 heterocycles. The first-order valence-electron chi connectivity index (χ1n) is 8.02. The Labute approximate surface area is 138 Å². The number of nitrogens with one attached hydrogen (secondary N) is 1. The molecule has 2 N–H and O–H groups in total. The van der Waals surface area contributed by atoms with Gasteiger partial charge in [-0.2, -0.15) is 0 Å². The van der Waals surface area contributed by atoms with Crippen molar-refractivity contribution in [3.63, 3.8) is 0 Å². The predicted octanol–water partition coefficient (Wildman–Crippen LogP) is 3.19. The van der Waals surface area contributed by atoms with Crippen LogP contribution in [0, 0.1) is 0 Å². The van der Waals surface area contributed by atoms with Crippen LogP contribution in [0.4, 0.5) is 5.69 Å². The maximum atomic E-state index is 9.28. The lowest BCUT2D eigenvalue weighted by atomic mass is 10.1. The average Bonchev–Trinajstić information content (AvgIpc) is 2.53. The van der Waals surface area contributed by atoms with Gasteiger partial charge < -0.3 is 20.1 Å². The van der Waals surface area contributed by atoms with Gasteiger partial charge in [-0.1, -0.05) is 18.2 Å². The third-order valence-corrected chi connectivity index (χ3v) is 3.66. The zero-order valence-corrected chi connectivity index (χ0v) is 14.2. The summed E-state index contributed by atoms with van der Waals surface area (Å²) in [7, 11) is 4.04. The lowest BCUT2D eigenvalue weighted by Crippen LogP contribution is -2.17. The molecule has 2 aromatic carbocycles. The van der Waals surface area contributed by atoms with Gasteiger partial charge in [-0.3, -0.25) is 0 Å². The summed E-state index contributed by atoms with van der Waals surface area (Å²) in [5.41, 5.74) is 3.53. The monoisotopic (exact) mass is 314 g/mol. The Bertz CT molecular complexity index is 609. The smallest absolute Gasteiger partial charge is 0.142 e. The lowest BCUT2D eigenvalue weighted by Gasteiger charge is -2.18. The zero-order chi connectivity index (χ0) is 16.7. The van der Waals surface area contributed by atoms with Gasteiger partial charge in [-0.15, -0.1) is 0 Å². The summed E-state index contributed by atoms with van der Waals surface area (Å²) < 4.78 is 5.73. The molecule has 0 fully saturated rings. The van der Waals surface area contributed by atoms with Crippen molar-refractivity contribution in [1.29, 1.82) is 0 Å². The minimum absolute atomic E-state index is 0.311. The molecule has 0 radical (unpaired) electrons. The number of rotatable bonds is 8. The van der Waals surface area contributed by atoms with E-state index in [-0.39, 0.29) is 0 Å². The van der Waals surface area contributed by atoms with Crippen LogP contribution in [0.3, 0.4) is 0 Å². The highest BCUT2D eigenvalue weighted by molar-refractivity contribution is 5.58. The summed E-state index contributed by atoms with van der Waals surface area (Å²) in [6.45, 7) is 4.37. The molecule has 4 heteroatoms. The Morgan fingerprint density at radius 1 is 1.04 bits per heavy atom. The van der Waals surface area contributed by atoms with Gasteiger partial charge in [-0.05, 0) is 55.3 Å². The highest BCUT2D eigenvalue weighted by atomic mass is 16.5. The fraction of sp³-hybridized carbons (Fsp3) is 0.368. The normalized spacial score (nSPS) is 10.6. The van der Waals surface area contributed by atoms with E-state index in [0.29, 0.717) is 12.4 Å². The average molecular weight is 314 g/mol. The van der Waals surface area contributed by atoms with E-state index in [0.717, 1.165) is 30.9 Å². The molecule has 0 spiro atoms. The van der Waals surface area contributed by atoms with Crippen molar-refractivity contribution in [3.05, 3.63) is 53.6 Å². The first-order chi connectivity index (χ1) is 11.1. The van der Waals surface area contributed by atoms with E-state index in [4.69, 9.17) is 4.74 Å². The van der Waals surface area contributed by atoms with Crippen LogP contribution >= 0.6 is 0 Å². The van der Waals surface area contributed by atoms with Crippen LogP contribution in [0.5, 0.6) is 11.5 Å². The van der Waals surface area contributed by atoms with Gasteiger partial charge in [0.25, 0.3) is 0 Å². The van der Waals surface area contributed by atoms with E-state index >= 15 is 0 Å². The molecule has 0 saturated carbocycles. The van der Waals surface area contributed by atoms with Crippen molar-refractivity contribution in [3.8, 4) is 11.5 Å². The Balaban J connectivity index is 1.87. The Morgan fingerprint density at radius 3 is 2.39 bits per heavy atom. The van der Waals surface area contributed by atoms with Gasteiger partial charge >= 0.3 is 0 Å². The summed E-state index contributed by atoms with van der Waals surface area (Å²) in [4.78, 5) is 2.06. The van der Waals surface area contributed by atoms with Gasteiger partial charge in [0, 0.05) is 20.6 Å². The summed E-state index contributed by atoms with van der Waals surface area (Å²) >= 11 is 0. The molecule has 0 amide bonds. The van der Waals surface area contributed by atoms with E-state index in [1.807, 2.05) is 33.2 Å². The number of phenolic OH excluding ortho intramolecular Hbond substituents is 1. The SMILES string of the molecule is CCOc1cc(CNCCc2ccc(O)cc2)ccc1N(C)C. The van der Waals surface area contributed by atoms with Gasteiger partial charge in [0.05, 0.1) is 12.3 Å². The summed E-state index contributed by atoms with van der Waals surface area (Å²) in [6.07, 6.45) is 0.939. The van der Waals surface area contributed by atoms with Crippen molar-refractivity contribution < 1.29 is 9.84 Å². The molecular weight excluding hydrogens is 288 g/mol. The van der Waals surface area contributed by atoms with E-state index in [1.54, 1.807) is 12.1 Å². The minimum Gasteiger partial charge on any atom is -0.508 e. The number of hydrogen-bond donors (Lipinski definition) is 2. The molecule has 0 saturated heterocycles. The molecule has 4 nitrogen and oxygen atoms in total. The highest BCUT2D eigenvalue weighted by Gasteiger charge is 2.06. The van der Waals surface area contributed by atoms with Gasteiger partial charge in [-0.25, -0.2) is 0 Å². The molecule has 0 atom stereocenters. The number of anilines is 1. The third kappa shape index (κ3) is 5.18. The fourth-order valence-corrected chi connectivity index (χ4v) is 2.44. The molecule has 0 aliphatic carbocycles. The van der Waals surface area contributed by atoms with Gasteiger partial charge in [0.1, 0.15) is 11.5 Å². The van der Waals surface area contributed by atoms with Crippen LogP contribution in [0.1, 0.15) is 18.1 Å². The molecule has 0 bridgehead atoms. The second-order valence-corrected chi connectivity index (χ2v) is 5.72. The van der Waals surface area contributed by atoms with Crippen molar-refractivity contribution in [1.82, 2.24) is 5.32 Å². The number of hydrogen-bond acceptors (Lipinski definition) is 4. The predicted molar refractivity (Wildman–Crippen MR) is 95.5 cm³/mol. The molecule has 0 aliphatic rings. The van der Waals surface area contributed by atoms with Crippen LogP contribution in [0.25, 0.3) is 0 Å². The summed E-state index contributed by atoms with van der Waals surface area (Å²) in [6, 6.07) is 13.7. The summed E-state index contributed by atoms with van der Waals surface area (Å²) in [5.74, 6) is 1.24. The maximum Gasteiger partial charge on any atom is 0.142 e. The Morgan fingerprint density at radius 2 is 1.74 bits per heavy atom. The van der Waals surface area contributed by atoms with Crippen LogP contribution in [-0.2, 0) is 13.0 Å². The minimum atomic E-state index is 0.311. The van der Waals surface area contributed by atoms with Crippen molar-refractivity contribution >= 4 is 5.69 Å². The van der Waals surface area contributed by atoms with Crippen LogP contribution in [0.15, 0.2) is 42.5 Å². The molecule has 0 aliphatic heterocycles. The molecule has 0 aromatic heterocycles. The first kappa shape index (κ1) is 17.2. The lowest BCUT2D eigenvalue weighted by molar-refractivity contribution is 0.340. The van der Waals surface area contributed by atoms with E-state index in [1.165, 1.54) is 11.1 Å². The quantitative estimate of drug-likeness (QED) is 0.735. The highest BCUT2D eigenvalue weighted by Crippen LogP contribution is 2.28. The maximum absolute atomic E-state index is 9.28. The zero-order valence-electron chi connectivity index (χ0n) is 14.2. The molecule has 23 heavy (non-hydrogen) atoms. The molecule has 2 rings (SSSR count). The van der Waals surface area contributed by atoms with Gasteiger partial charge in [0.2, 0.25) is 0 Å². The van der Waals surface area contributed by atoms with Crippen molar-refractivity contribution in [2.45, 2.75) is 19.9 Å². The van der Waals surface area contributed by atoms with E-state index in [9.17, 15) is 5.11 Å². The largest absolute Gasteiger partial charge is 0.508 e. The van der Waals surface area contributed by atoms with Crippen molar-refractivity contribution in [2.24, 2.45) is 0 Å². The Kier molecular flexibility index (Phi) is 6.29. The fourth-order valence-electron chi connectivity index (χ4n) is 2.44. The molecule has 0 unspecified atom stereocenters. The Hall–Kier alpha value is -2.20. The number of ether oxygens (including phenoxy) is 1. The standard InChI is InChI=1S/C19H26N2O2/c1-4-23-19-13-16(7-10-18(19)21(2)3)14-20-12-11-15-5-8-17(22)9-6-15/h5-10,13,20,22H,4,11-12,14H2,1-3H3. The third-order valence-electron chi connectivity index (χ3n) is 3.66. The van der Waals surface area contributed by atoms with Gasteiger partial charge in [0.15, 0.2) is 0 Å². The van der Waals surface area contributed by atoms with E-state index in [2.05, 4.69) is 28.4 Å². The molecule has 2 aromatic rings. The second kappa shape index (κ2) is 8.44. The number of aromatic hydroxyl groups is 1. The molecular formula is C19H26N2O2. The topological polar surface area (TPSA) is 44.7 Å². The van der Waals surface area contributed by atoms with E-state index < -0.39 is 0 Å².